The van der Waals surface area contributed by atoms with E-state index in [0.29, 0.717) is 57.3 Å². The summed E-state index contributed by atoms with van der Waals surface area (Å²) in [5.74, 6) is -0.629. The zero-order valence-electron chi connectivity index (χ0n) is 49.7. The second-order valence-electron chi connectivity index (χ2n) is 23.8. The molecule has 5 aromatic rings. The summed E-state index contributed by atoms with van der Waals surface area (Å²) < 4.78 is 82.2. The number of nitrogen functional groups attached to an aromatic ring is 1. The molecule has 0 bridgehead atoms. The van der Waals surface area contributed by atoms with Gasteiger partial charge in [-0.1, -0.05) is 144 Å². The number of sulfonamides is 1. The molecule has 7 rings (SSSR count). The van der Waals surface area contributed by atoms with Gasteiger partial charge >= 0.3 is 12.1 Å². The minimum atomic E-state index is -3.90. The van der Waals surface area contributed by atoms with Gasteiger partial charge in [0.15, 0.2) is 17.3 Å². The third kappa shape index (κ3) is 21.5. The van der Waals surface area contributed by atoms with Crippen molar-refractivity contribution in [3.8, 4) is 5.69 Å². The molecule has 2 aliphatic heterocycles. The Bertz CT molecular complexity index is 2980. The van der Waals surface area contributed by atoms with Crippen molar-refractivity contribution in [1.29, 1.82) is 0 Å². The van der Waals surface area contributed by atoms with Crippen LogP contribution in [-0.4, -0.2) is 108 Å². The van der Waals surface area contributed by atoms with Crippen molar-refractivity contribution in [3.63, 3.8) is 0 Å². The number of anilines is 2. The number of ether oxygens (including phenoxy) is 2. The number of aromatic carboxylic acids is 1. The Labute approximate surface area is 489 Å². The summed E-state index contributed by atoms with van der Waals surface area (Å²) in [5, 5.41) is 22.9. The van der Waals surface area contributed by atoms with Crippen LogP contribution in [0.5, 0.6) is 0 Å². The minimum Gasteiger partial charge on any atom is -0.477 e. The highest BCUT2D eigenvalue weighted by molar-refractivity contribution is 7.89. The number of carbonyl (C=O) groups is 2. The second kappa shape index (κ2) is 32.9. The van der Waals surface area contributed by atoms with Crippen LogP contribution in [0.25, 0.3) is 16.7 Å². The number of carboxylic acid groups (broad SMARTS) is 1. The number of aliphatic hydroxyl groups is 1. The van der Waals surface area contributed by atoms with Crippen molar-refractivity contribution in [2.75, 3.05) is 50.0 Å². The molecule has 1 amide bonds. The predicted molar refractivity (Wildman–Crippen MR) is 322 cm³/mol. The Hall–Kier alpha value is -6.06. The summed E-state index contributed by atoms with van der Waals surface area (Å²) in [7, 11) is -3.90. The van der Waals surface area contributed by atoms with Gasteiger partial charge in [0.05, 0.1) is 41.3 Å². The molecule has 2 saturated heterocycles. The van der Waals surface area contributed by atoms with E-state index in [1.807, 2.05) is 44.2 Å². The number of alkyl carbamates (subject to hydrolysis) is 1. The number of aliphatic hydroxyl groups excluding tert-OH is 1. The molecule has 7 N–H and O–H groups in total. The summed E-state index contributed by atoms with van der Waals surface area (Å²) in [6, 6.07) is 17.9. The Morgan fingerprint density at radius 1 is 0.819 bits per heavy atom. The van der Waals surface area contributed by atoms with Gasteiger partial charge in [-0.25, -0.2) is 36.2 Å². The van der Waals surface area contributed by atoms with Crippen molar-refractivity contribution >= 4 is 44.6 Å². The number of pyridine rings is 2. The van der Waals surface area contributed by atoms with Crippen LogP contribution in [0.4, 0.5) is 29.5 Å². The summed E-state index contributed by atoms with van der Waals surface area (Å²) >= 11 is 0. The monoisotopic (exact) mass is 1180 g/mol. The number of carboxylic acids is 1. The molecule has 20 heteroatoms. The molecule has 4 heterocycles. The quantitative estimate of drug-likeness (QED) is 0.0325. The highest BCUT2D eigenvalue weighted by atomic mass is 32.2. The molecule has 0 saturated carbocycles. The molecular weight excluding hydrogens is 1090 g/mol. The standard InChI is InChI=1S/C25H35N3O6S.C19H15F3N4O3.C19H40/c1-18(2)15-28(35(31,32)22-10-8-20(26)9-11-22)16-24(29)23(14-19-6-4-3-5-7-19)27-25(30)34-21-12-13-33-17-21;20-9-1-2-15(13(21)5-9)26-8-12(19(28)29)16(27)11-6-14(22)18(24-17(11)26)25-4-3-10(23)7-25;1-16(2)10-7-12-18(5)14-9-15-19(6)13-8-11-17(3)4/h3-11,18,21,23-24,29H,12-17,26H2,1-2H3,(H,27,30);1-2,5-6,8,10H,3-4,7,23H2,(H,28,29);16-19H,7-15H2,1-6H3/t21-,23-,24+;;/m0../s1. The highest BCUT2D eigenvalue weighted by Gasteiger charge is 2.33. The lowest BCUT2D eigenvalue weighted by Gasteiger charge is -2.30. The van der Waals surface area contributed by atoms with Gasteiger partial charge in [-0.2, -0.15) is 4.31 Å². The molecular formula is C63H90F3N7O9S. The van der Waals surface area contributed by atoms with E-state index in [1.165, 1.54) is 86.4 Å². The van der Waals surface area contributed by atoms with Gasteiger partial charge in [-0.15, -0.1) is 0 Å². The van der Waals surface area contributed by atoms with Gasteiger partial charge in [0.25, 0.3) is 0 Å². The molecule has 0 spiro atoms. The lowest BCUT2D eigenvalue weighted by atomic mass is 9.91. The Balaban J connectivity index is 0.000000238. The third-order valence-corrected chi connectivity index (χ3v) is 16.7. The van der Waals surface area contributed by atoms with Gasteiger partial charge in [-0.05, 0) is 90.5 Å². The van der Waals surface area contributed by atoms with Crippen LogP contribution in [0.15, 0.2) is 94.7 Å². The lowest BCUT2D eigenvalue weighted by molar-refractivity contribution is 0.0643. The molecule has 16 nitrogen and oxygen atoms in total. The average molecular weight is 1180 g/mol. The number of hydrogen-bond donors (Lipinski definition) is 5. The predicted octanol–water partition coefficient (Wildman–Crippen LogP) is 11.5. The van der Waals surface area contributed by atoms with E-state index in [9.17, 15) is 46.2 Å². The number of carbonyl (C=O) groups excluding carboxylic acids is 1. The molecule has 0 radical (unpaired) electrons. The maximum Gasteiger partial charge on any atom is 0.407 e. The van der Waals surface area contributed by atoms with E-state index in [2.05, 4.69) is 51.8 Å². The molecule has 6 atom stereocenters. The summed E-state index contributed by atoms with van der Waals surface area (Å²) in [5.41, 5.74) is 10.9. The summed E-state index contributed by atoms with van der Waals surface area (Å²) in [6.07, 6.45) is 13.2. The van der Waals surface area contributed by atoms with Gasteiger partial charge in [0.1, 0.15) is 23.3 Å². The minimum absolute atomic E-state index is 0.0126. The van der Waals surface area contributed by atoms with Gasteiger partial charge in [-0.3, -0.25) is 9.36 Å². The summed E-state index contributed by atoms with van der Waals surface area (Å²) in [4.78, 5) is 42.5. The van der Waals surface area contributed by atoms with Gasteiger partial charge in [0.2, 0.25) is 15.5 Å². The first kappa shape index (κ1) is 67.7. The summed E-state index contributed by atoms with van der Waals surface area (Å²) in [6.45, 7) is 19.7. The number of nitrogens with one attached hydrogen (secondary N) is 1. The van der Waals surface area contributed by atoms with E-state index in [0.717, 1.165) is 58.2 Å². The molecule has 2 aliphatic rings. The number of hydrogen-bond acceptors (Lipinski definition) is 12. The second-order valence-corrected chi connectivity index (χ2v) is 25.7. The normalized spacial score (nSPS) is 16.8. The van der Waals surface area contributed by atoms with Crippen LogP contribution < -0.4 is 27.1 Å². The van der Waals surface area contributed by atoms with Crippen LogP contribution in [-0.2, 0) is 25.9 Å². The Kier molecular flexibility index (Phi) is 26.8. The molecule has 0 aliphatic carbocycles. The number of rotatable bonds is 26. The van der Waals surface area contributed by atoms with Crippen molar-refractivity contribution in [3.05, 3.63) is 124 Å². The van der Waals surface area contributed by atoms with Gasteiger partial charge < -0.3 is 41.4 Å². The Morgan fingerprint density at radius 3 is 1.96 bits per heavy atom. The lowest BCUT2D eigenvalue weighted by Crippen LogP contribution is -2.51. The SMILES string of the molecule is CC(C)CCCC(C)CCCC(C)CCCC(C)C.CC(C)CN(C[C@@H](O)[C@H](Cc1ccccc1)NC(=O)O[C@H]1CCOC1)S(=O)(=O)c1ccc(N)cc1.NC1CCN(c2nc3c(cc2F)c(=O)c(C(=O)O)cn3-c2ccc(F)cc2F)C1. The zero-order valence-corrected chi connectivity index (χ0v) is 50.6. The molecule has 2 fully saturated rings. The molecule has 2 aromatic heterocycles. The number of amides is 1. The number of benzene rings is 3. The highest BCUT2D eigenvalue weighted by Crippen LogP contribution is 2.28. The van der Waals surface area contributed by atoms with E-state index < -0.39 is 62.7 Å². The Morgan fingerprint density at radius 2 is 1.43 bits per heavy atom. The first-order chi connectivity index (χ1) is 39.3. The molecule has 3 unspecified atom stereocenters. The first-order valence-electron chi connectivity index (χ1n) is 29.4. The van der Waals surface area contributed by atoms with Crippen molar-refractivity contribution in [2.24, 2.45) is 35.3 Å². The fraction of sp³-hybridized carbons (Fsp3) is 0.556. The maximum absolute atomic E-state index is 14.7. The van der Waals surface area contributed by atoms with Crippen LogP contribution in [0.1, 0.15) is 142 Å². The fourth-order valence-corrected chi connectivity index (χ4v) is 11.8. The van der Waals surface area contributed by atoms with Crippen LogP contribution in [0.2, 0.25) is 0 Å². The largest absolute Gasteiger partial charge is 0.477 e. The number of fused-ring (bicyclic) bond motifs is 1. The average Bonchev–Trinajstić information content (AvgIpc) is 3.56. The maximum atomic E-state index is 14.7. The first-order valence-corrected chi connectivity index (χ1v) is 30.8. The van der Waals surface area contributed by atoms with E-state index in [-0.39, 0.29) is 58.6 Å². The topological polar surface area (TPSA) is 233 Å². The number of nitrogens with two attached hydrogens (primary N) is 2. The molecule has 458 valence electrons. The number of aromatic nitrogens is 2. The zero-order chi connectivity index (χ0) is 61.0. The number of halogens is 3. The van der Waals surface area contributed by atoms with Crippen molar-refractivity contribution in [2.45, 2.75) is 162 Å². The number of nitrogens with zero attached hydrogens (tertiary/aromatic N) is 4. The van der Waals surface area contributed by atoms with Crippen molar-refractivity contribution < 1.29 is 50.9 Å². The van der Waals surface area contributed by atoms with Crippen LogP contribution >= 0.6 is 0 Å². The van der Waals surface area contributed by atoms with E-state index >= 15 is 0 Å². The van der Waals surface area contributed by atoms with Gasteiger partial charge in [0, 0.05) is 56.6 Å². The van der Waals surface area contributed by atoms with E-state index in [4.69, 9.17) is 20.9 Å². The molecule has 3 aromatic carbocycles. The van der Waals surface area contributed by atoms with Crippen LogP contribution in [0.3, 0.4) is 0 Å². The van der Waals surface area contributed by atoms with E-state index in [1.54, 1.807) is 4.90 Å². The van der Waals surface area contributed by atoms with Crippen LogP contribution in [0, 0.1) is 47.0 Å². The molecule has 83 heavy (non-hydrogen) atoms. The van der Waals surface area contributed by atoms with Crippen molar-refractivity contribution in [1.82, 2.24) is 19.2 Å². The smallest absolute Gasteiger partial charge is 0.407 e. The fourth-order valence-electron chi connectivity index (χ4n) is 10.2. The third-order valence-electron chi connectivity index (χ3n) is 14.9.